The van der Waals surface area contributed by atoms with Crippen LogP contribution in [0.5, 0.6) is 0 Å². The molecule has 16 heavy (non-hydrogen) atoms. The highest BCUT2D eigenvalue weighted by atomic mass is 16.1. The van der Waals surface area contributed by atoms with E-state index in [4.69, 9.17) is 0 Å². The molecular formula is C14H19NO. The molecule has 1 aromatic carbocycles. The van der Waals surface area contributed by atoms with Crippen molar-refractivity contribution in [3.8, 4) is 0 Å². The van der Waals surface area contributed by atoms with Gasteiger partial charge in [-0.1, -0.05) is 37.3 Å². The summed E-state index contributed by atoms with van der Waals surface area (Å²) in [5, 5.41) is 3.36. The minimum atomic E-state index is -0.271. The molecule has 86 valence electrons. The fourth-order valence-electron chi connectivity index (χ4n) is 2.92. The highest BCUT2D eigenvalue weighted by Crippen LogP contribution is 2.38. The summed E-state index contributed by atoms with van der Waals surface area (Å²) in [6, 6.07) is 10.2. The topological polar surface area (TPSA) is 29.1 Å². The SMILES string of the molecule is CC(=O)[C@]1(c2ccccc2)CCNC[C@H]1C. The lowest BCUT2D eigenvalue weighted by atomic mass is 9.64. The molecule has 1 saturated heterocycles. The average molecular weight is 217 g/mol. The molecule has 1 aliphatic rings. The van der Waals surface area contributed by atoms with Gasteiger partial charge in [-0.05, 0) is 37.9 Å². The Hall–Kier alpha value is -1.15. The third-order valence-electron chi connectivity index (χ3n) is 3.91. The van der Waals surface area contributed by atoms with Gasteiger partial charge in [-0.3, -0.25) is 4.79 Å². The van der Waals surface area contributed by atoms with Gasteiger partial charge in [-0.15, -0.1) is 0 Å². The average Bonchev–Trinajstić information content (AvgIpc) is 2.30. The quantitative estimate of drug-likeness (QED) is 0.822. The van der Waals surface area contributed by atoms with E-state index in [0.717, 1.165) is 19.5 Å². The number of hydrogen-bond acceptors (Lipinski definition) is 2. The molecule has 0 aliphatic carbocycles. The van der Waals surface area contributed by atoms with Crippen LogP contribution in [0.25, 0.3) is 0 Å². The lowest BCUT2D eigenvalue weighted by Gasteiger charge is -2.41. The van der Waals surface area contributed by atoms with Crippen molar-refractivity contribution >= 4 is 5.78 Å². The Morgan fingerprint density at radius 3 is 2.62 bits per heavy atom. The largest absolute Gasteiger partial charge is 0.316 e. The number of Topliss-reactive ketones (excluding diaryl/α,β-unsaturated/α-hetero) is 1. The van der Waals surface area contributed by atoms with E-state index in [1.54, 1.807) is 6.92 Å². The van der Waals surface area contributed by atoms with E-state index < -0.39 is 0 Å². The van der Waals surface area contributed by atoms with E-state index in [0.29, 0.717) is 11.7 Å². The number of ketones is 1. The van der Waals surface area contributed by atoms with Crippen LogP contribution in [0.2, 0.25) is 0 Å². The molecule has 1 fully saturated rings. The highest BCUT2D eigenvalue weighted by molar-refractivity contribution is 5.88. The first-order chi connectivity index (χ1) is 7.68. The van der Waals surface area contributed by atoms with Crippen molar-refractivity contribution in [3.05, 3.63) is 35.9 Å². The Morgan fingerprint density at radius 1 is 1.38 bits per heavy atom. The zero-order chi connectivity index (χ0) is 11.6. The summed E-state index contributed by atoms with van der Waals surface area (Å²) in [7, 11) is 0. The van der Waals surface area contributed by atoms with Gasteiger partial charge >= 0.3 is 0 Å². The second-order valence-corrected chi connectivity index (χ2v) is 4.75. The van der Waals surface area contributed by atoms with E-state index >= 15 is 0 Å². The molecule has 1 aliphatic heterocycles. The second-order valence-electron chi connectivity index (χ2n) is 4.75. The van der Waals surface area contributed by atoms with Crippen molar-refractivity contribution < 1.29 is 4.79 Å². The van der Waals surface area contributed by atoms with Crippen LogP contribution in [-0.2, 0) is 10.2 Å². The molecule has 0 unspecified atom stereocenters. The Labute approximate surface area is 97.1 Å². The maximum Gasteiger partial charge on any atom is 0.140 e. The summed E-state index contributed by atoms with van der Waals surface area (Å²) < 4.78 is 0. The Morgan fingerprint density at radius 2 is 2.06 bits per heavy atom. The molecule has 1 aromatic rings. The molecule has 2 atom stereocenters. The van der Waals surface area contributed by atoms with Crippen LogP contribution in [-0.4, -0.2) is 18.9 Å². The minimum Gasteiger partial charge on any atom is -0.316 e. The smallest absolute Gasteiger partial charge is 0.140 e. The van der Waals surface area contributed by atoms with E-state index in [9.17, 15) is 4.79 Å². The molecule has 2 nitrogen and oxygen atoms in total. The van der Waals surface area contributed by atoms with Crippen molar-refractivity contribution in [1.82, 2.24) is 5.32 Å². The zero-order valence-corrected chi connectivity index (χ0v) is 9.99. The third-order valence-corrected chi connectivity index (χ3v) is 3.91. The van der Waals surface area contributed by atoms with Gasteiger partial charge in [-0.2, -0.15) is 0 Å². The fourth-order valence-corrected chi connectivity index (χ4v) is 2.92. The number of nitrogens with one attached hydrogen (secondary N) is 1. The normalized spacial score (nSPS) is 30.0. The predicted molar refractivity (Wildman–Crippen MR) is 65.5 cm³/mol. The Kier molecular flexibility index (Phi) is 3.10. The first-order valence-corrected chi connectivity index (χ1v) is 5.95. The highest BCUT2D eigenvalue weighted by Gasteiger charge is 2.43. The van der Waals surface area contributed by atoms with Crippen molar-refractivity contribution in [2.75, 3.05) is 13.1 Å². The number of carbonyl (C=O) groups is 1. The second kappa shape index (κ2) is 4.38. The zero-order valence-electron chi connectivity index (χ0n) is 9.99. The van der Waals surface area contributed by atoms with Gasteiger partial charge in [0.2, 0.25) is 0 Å². The first kappa shape index (κ1) is 11.3. The van der Waals surface area contributed by atoms with Crippen LogP contribution in [0, 0.1) is 5.92 Å². The van der Waals surface area contributed by atoms with Gasteiger partial charge in [0, 0.05) is 0 Å². The number of benzene rings is 1. The molecule has 0 bridgehead atoms. The number of piperidine rings is 1. The molecular weight excluding hydrogens is 198 g/mol. The Balaban J connectivity index is 2.46. The lowest BCUT2D eigenvalue weighted by Crippen LogP contribution is -2.51. The van der Waals surface area contributed by atoms with Gasteiger partial charge in [0.25, 0.3) is 0 Å². The van der Waals surface area contributed by atoms with Crippen LogP contribution in [0.15, 0.2) is 30.3 Å². The summed E-state index contributed by atoms with van der Waals surface area (Å²) in [5.74, 6) is 0.661. The summed E-state index contributed by atoms with van der Waals surface area (Å²) in [4.78, 5) is 12.1. The van der Waals surface area contributed by atoms with E-state index in [2.05, 4.69) is 24.4 Å². The molecule has 0 radical (unpaired) electrons. The minimum absolute atomic E-state index is 0.271. The van der Waals surface area contributed by atoms with Gasteiger partial charge in [0.05, 0.1) is 5.41 Å². The summed E-state index contributed by atoms with van der Waals surface area (Å²) in [5.41, 5.74) is 0.906. The number of rotatable bonds is 2. The summed E-state index contributed by atoms with van der Waals surface area (Å²) >= 11 is 0. The molecule has 0 amide bonds. The van der Waals surface area contributed by atoms with Crippen molar-refractivity contribution in [2.45, 2.75) is 25.7 Å². The lowest BCUT2D eigenvalue weighted by molar-refractivity contribution is -0.125. The summed E-state index contributed by atoms with van der Waals surface area (Å²) in [6.45, 7) is 5.75. The van der Waals surface area contributed by atoms with Crippen LogP contribution < -0.4 is 5.32 Å². The van der Waals surface area contributed by atoms with Crippen molar-refractivity contribution in [3.63, 3.8) is 0 Å². The van der Waals surface area contributed by atoms with E-state index in [1.807, 2.05) is 18.2 Å². The molecule has 1 N–H and O–H groups in total. The maximum absolute atomic E-state index is 12.1. The Bertz CT molecular complexity index is 374. The van der Waals surface area contributed by atoms with Gasteiger partial charge < -0.3 is 5.32 Å². The molecule has 0 saturated carbocycles. The third kappa shape index (κ3) is 1.67. The summed E-state index contributed by atoms with van der Waals surface area (Å²) in [6.07, 6.45) is 0.910. The molecule has 2 rings (SSSR count). The maximum atomic E-state index is 12.1. The van der Waals surface area contributed by atoms with Gasteiger partial charge in [0.1, 0.15) is 5.78 Å². The first-order valence-electron chi connectivity index (χ1n) is 5.95. The van der Waals surface area contributed by atoms with Gasteiger partial charge in [-0.25, -0.2) is 0 Å². The fraction of sp³-hybridized carbons (Fsp3) is 0.500. The molecule has 1 heterocycles. The standard InChI is InChI=1S/C14H19NO/c1-11-10-15-9-8-14(11,12(2)16)13-6-4-3-5-7-13/h3-7,11,15H,8-10H2,1-2H3/t11-,14+/m1/s1. The predicted octanol–water partition coefficient (Wildman–Crippen LogP) is 2.14. The van der Waals surface area contributed by atoms with Crippen molar-refractivity contribution in [1.29, 1.82) is 0 Å². The molecule has 2 heteroatoms. The van der Waals surface area contributed by atoms with Crippen LogP contribution >= 0.6 is 0 Å². The van der Waals surface area contributed by atoms with E-state index in [1.165, 1.54) is 5.56 Å². The van der Waals surface area contributed by atoms with Crippen molar-refractivity contribution in [2.24, 2.45) is 5.92 Å². The molecule has 0 aromatic heterocycles. The monoisotopic (exact) mass is 217 g/mol. The van der Waals surface area contributed by atoms with Crippen LogP contribution in [0.4, 0.5) is 0 Å². The van der Waals surface area contributed by atoms with E-state index in [-0.39, 0.29) is 5.41 Å². The van der Waals surface area contributed by atoms with Crippen LogP contribution in [0.3, 0.4) is 0 Å². The van der Waals surface area contributed by atoms with Crippen LogP contribution in [0.1, 0.15) is 25.8 Å². The van der Waals surface area contributed by atoms with Gasteiger partial charge in [0.15, 0.2) is 0 Å². The molecule has 0 spiro atoms. The number of hydrogen-bond donors (Lipinski definition) is 1. The number of carbonyl (C=O) groups excluding carboxylic acids is 1.